The highest BCUT2D eigenvalue weighted by atomic mass is 19.1. The number of amides is 2. The second kappa shape index (κ2) is 8.70. The quantitative estimate of drug-likeness (QED) is 0.750. The predicted molar refractivity (Wildman–Crippen MR) is 106 cm³/mol. The smallest absolute Gasteiger partial charge is 0.273 e. The van der Waals surface area contributed by atoms with E-state index in [1.807, 2.05) is 0 Å². The van der Waals surface area contributed by atoms with Gasteiger partial charge in [-0.05, 0) is 37.8 Å². The number of carbonyl (C=O) groups excluding carboxylic acids is 2. The van der Waals surface area contributed by atoms with Gasteiger partial charge in [0, 0.05) is 25.2 Å². The molecule has 0 radical (unpaired) electrons. The van der Waals surface area contributed by atoms with Crippen molar-refractivity contribution in [3.05, 3.63) is 47.3 Å². The molecule has 8 nitrogen and oxygen atoms in total. The Morgan fingerprint density at radius 3 is 2.58 bits per heavy atom. The van der Waals surface area contributed by atoms with Gasteiger partial charge < -0.3 is 15.3 Å². The Hall–Kier alpha value is -2.88. The average molecular weight is 433 g/mol. The van der Waals surface area contributed by atoms with Gasteiger partial charge in [-0.25, -0.2) is 13.5 Å². The van der Waals surface area contributed by atoms with Crippen LogP contribution in [-0.4, -0.2) is 61.5 Å². The van der Waals surface area contributed by atoms with Gasteiger partial charge >= 0.3 is 0 Å². The fourth-order valence-electron chi connectivity index (χ4n) is 4.23. The van der Waals surface area contributed by atoms with Gasteiger partial charge in [-0.3, -0.25) is 9.59 Å². The number of aromatic nitrogens is 3. The van der Waals surface area contributed by atoms with Crippen LogP contribution in [0.5, 0.6) is 0 Å². The Balaban J connectivity index is 1.33. The number of aliphatic hydroxyl groups is 1. The maximum atomic E-state index is 13.9. The zero-order valence-electron chi connectivity index (χ0n) is 17.1. The molecule has 0 bridgehead atoms. The largest absolute Gasteiger partial charge is 0.388 e. The number of nitrogens with one attached hydrogen (secondary N) is 1. The Morgan fingerprint density at radius 1 is 1.19 bits per heavy atom. The number of carbonyl (C=O) groups is 2. The first-order valence-corrected chi connectivity index (χ1v) is 10.5. The first kappa shape index (κ1) is 21.4. The van der Waals surface area contributed by atoms with E-state index in [9.17, 15) is 23.5 Å². The zero-order chi connectivity index (χ0) is 22.0. The molecule has 2 amide bonds. The normalized spacial score (nSPS) is 18.9. The molecule has 2 N–H and O–H groups in total. The number of hydrogen-bond donors (Lipinski definition) is 2. The molecule has 2 aliphatic rings. The lowest BCUT2D eigenvalue weighted by Crippen LogP contribution is -2.48. The highest BCUT2D eigenvalue weighted by Crippen LogP contribution is 2.26. The Bertz CT molecular complexity index is 966. The highest BCUT2D eigenvalue weighted by Gasteiger charge is 2.35. The molecule has 1 saturated heterocycles. The number of hydrogen-bond acceptors (Lipinski definition) is 5. The molecule has 1 aromatic heterocycles. The van der Waals surface area contributed by atoms with Gasteiger partial charge in [-0.1, -0.05) is 18.1 Å². The van der Waals surface area contributed by atoms with E-state index in [0.717, 1.165) is 37.8 Å². The molecule has 1 aromatic carbocycles. The van der Waals surface area contributed by atoms with Crippen molar-refractivity contribution in [2.45, 2.75) is 56.7 Å². The summed E-state index contributed by atoms with van der Waals surface area (Å²) in [5.41, 5.74) is -1.12. The van der Waals surface area contributed by atoms with Crippen LogP contribution in [0.15, 0.2) is 24.4 Å². The minimum Gasteiger partial charge on any atom is -0.388 e. The fraction of sp³-hybridized carbons (Fsp3) is 0.524. The molecule has 2 aromatic rings. The van der Waals surface area contributed by atoms with Crippen LogP contribution in [0.25, 0.3) is 0 Å². The molecule has 2 fully saturated rings. The van der Waals surface area contributed by atoms with E-state index in [1.54, 1.807) is 0 Å². The summed E-state index contributed by atoms with van der Waals surface area (Å²) in [5, 5.41) is 21.7. The first-order chi connectivity index (χ1) is 14.8. The van der Waals surface area contributed by atoms with Gasteiger partial charge in [0.2, 0.25) is 0 Å². The molecule has 1 aliphatic heterocycles. The summed E-state index contributed by atoms with van der Waals surface area (Å²) in [7, 11) is 0. The van der Waals surface area contributed by atoms with Gasteiger partial charge in [0.15, 0.2) is 5.69 Å². The van der Waals surface area contributed by atoms with E-state index < -0.39 is 23.1 Å². The topological polar surface area (TPSA) is 100 Å². The van der Waals surface area contributed by atoms with Crippen LogP contribution >= 0.6 is 0 Å². The second-order valence-corrected chi connectivity index (χ2v) is 8.40. The van der Waals surface area contributed by atoms with E-state index in [4.69, 9.17) is 0 Å². The van der Waals surface area contributed by atoms with Crippen LogP contribution < -0.4 is 5.32 Å². The monoisotopic (exact) mass is 433 g/mol. The van der Waals surface area contributed by atoms with Gasteiger partial charge in [-0.2, -0.15) is 0 Å². The third-order valence-electron chi connectivity index (χ3n) is 6.06. The summed E-state index contributed by atoms with van der Waals surface area (Å²) in [6.07, 6.45) is 6.17. The molecule has 0 spiro atoms. The van der Waals surface area contributed by atoms with Crippen LogP contribution in [0.1, 0.15) is 59.4 Å². The zero-order valence-corrected chi connectivity index (χ0v) is 17.1. The van der Waals surface area contributed by atoms with Crippen molar-refractivity contribution < 1.29 is 23.5 Å². The van der Waals surface area contributed by atoms with Gasteiger partial charge in [0.1, 0.15) is 11.6 Å². The van der Waals surface area contributed by atoms with Gasteiger partial charge in [0.25, 0.3) is 11.8 Å². The van der Waals surface area contributed by atoms with E-state index >= 15 is 0 Å². The van der Waals surface area contributed by atoms with Gasteiger partial charge in [0.05, 0.1) is 23.9 Å². The average Bonchev–Trinajstić information content (AvgIpc) is 3.40. The molecule has 1 saturated carbocycles. The lowest BCUT2D eigenvalue weighted by atomic mass is 9.91. The van der Waals surface area contributed by atoms with E-state index in [0.29, 0.717) is 6.07 Å². The van der Waals surface area contributed by atoms with Crippen molar-refractivity contribution >= 4 is 11.8 Å². The summed E-state index contributed by atoms with van der Waals surface area (Å²) in [6, 6.07) is 3.02. The van der Waals surface area contributed by atoms with E-state index in [1.165, 1.54) is 15.8 Å². The number of halogens is 2. The Morgan fingerprint density at radius 2 is 1.90 bits per heavy atom. The molecular weight excluding hydrogens is 408 g/mol. The summed E-state index contributed by atoms with van der Waals surface area (Å²) < 4.78 is 28.4. The fourth-order valence-corrected chi connectivity index (χ4v) is 4.23. The number of piperidine rings is 1. The molecular formula is C21H25F2N5O3. The number of benzene rings is 1. The molecule has 31 heavy (non-hydrogen) atoms. The molecule has 166 valence electrons. The second-order valence-electron chi connectivity index (χ2n) is 8.40. The lowest BCUT2D eigenvalue weighted by Gasteiger charge is -2.38. The minimum absolute atomic E-state index is 0.129. The third-order valence-corrected chi connectivity index (χ3v) is 6.06. The predicted octanol–water partition coefficient (Wildman–Crippen LogP) is 1.90. The highest BCUT2D eigenvalue weighted by molar-refractivity contribution is 5.94. The maximum Gasteiger partial charge on any atom is 0.273 e. The van der Waals surface area contributed by atoms with Crippen LogP contribution in [0.3, 0.4) is 0 Å². The van der Waals surface area contributed by atoms with E-state index in [2.05, 4.69) is 15.6 Å². The van der Waals surface area contributed by atoms with E-state index in [-0.39, 0.29) is 55.7 Å². The molecule has 0 unspecified atom stereocenters. The third kappa shape index (κ3) is 4.90. The lowest BCUT2D eigenvalue weighted by molar-refractivity contribution is -0.0318. The van der Waals surface area contributed by atoms with Crippen molar-refractivity contribution in [2.75, 3.05) is 13.1 Å². The summed E-state index contributed by atoms with van der Waals surface area (Å²) >= 11 is 0. The summed E-state index contributed by atoms with van der Waals surface area (Å²) in [6.45, 7) is 0.565. The van der Waals surface area contributed by atoms with Crippen LogP contribution in [0.4, 0.5) is 8.78 Å². The van der Waals surface area contributed by atoms with Crippen molar-refractivity contribution in [2.24, 2.45) is 0 Å². The van der Waals surface area contributed by atoms with Crippen LogP contribution in [-0.2, 0) is 6.54 Å². The number of likely N-dealkylation sites (tertiary alicyclic amines) is 1. The maximum absolute atomic E-state index is 13.9. The molecule has 4 rings (SSSR count). The van der Waals surface area contributed by atoms with Crippen LogP contribution in [0, 0.1) is 11.6 Å². The van der Waals surface area contributed by atoms with Crippen molar-refractivity contribution in [3.63, 3.8) is 0 Å². The molecule has 0 atom stereocenters. The standard InChI is InChI=1S/C21H25F2N5O3/c22-14-5-6-16(17(23)11-14)20(30)27-9-7-21(31,8-10-27)13-28-12-18(25-26-28)19(29)24-15-3-1-2-4-15/h5-6,11-12,15,31H,1-4,7-10,13H2,(H,24,29). The molecule has 2 heterocycles. The summed E-state index contributed by atoms with van der Waals surface area (Å²) in [4.78, 5) is 26.3. The van der Waals surface area contributed by atoms with Crippen molar-refractivity contribution in [1.29, 1.82) is 0 Å². The Labute approximate surface area is 178 Å². The molecule has 1 aliphatic carbocycles. The summed E-state index contributed by atoms with van der Waals surface area (Å²) in [5.74, 6) is -2.46. The number of rotatable bonds is 5. The van der Waals surface area contributed by atoms with Crippen molar-refractivity contribution in [1.82, 2.24) is 25.2 Å². The number of nitrogens with zero attached hydrogens (tertiary/aromatic N) is 4. The minimum atomic E-state index is -1.13. The Kier molecular flexibility index (Phi) is 5.99. The molecule has 10 heteroatoms. The van der Waals surface area contributed by atoms with Crippen LogP contribution in [0.2, 0.25) is 0 Å². The SMILES string of the molecule is O=C(NC1CCCC1)c1cn(CC2(O)CCN(C(=O)c3ccc(F)cc3F)CC2)nn1. The van der Waals surface area contributed by atoms with Gasteiger partial charge in [-0.15, -0.1) is 5.10 Å². The van der Waals surface area contributed by atoms with Crippen molar-refractivity contribution in [3.8, 4) is 0 Å². The first-order valence-electron chi connectivity index (χ1n) is 10.5.